The molecule has 0 aliphatic heterocycles. The smallest absolute Gasteiger partial charge is 0.123 e. The highest BCUT2D eigenvalue weighted by Crippen LogP contribution is 2.17. The topological polar surface area (TPSA) is 38.0 Å². The molecule has 0 bridgehead atoms. The highest BCUT2D eigenvalue weighted by molar-refractivity contribution is 5.15. The maximum atomic E-state index is 12.6. The fourth-order valence-corrected chi connectivity index (χ4v) is 2.09. The van der Waals surface area contributed by atoms with E-state index in [4.69, 9.17) is 5.73 Å². The number of rotatable bonds is 3. The average Bonchev–Trinajstić information content (AvgIpc) is 2.63. The molecule has 2 atom stereocenters. The molecule has 0 amide bonds. The summed E-state index contributed by atoms with van der Waals surface area (Å²) in [6.07, 6.45) is 3.48. The van der Waals surface area contributed by atoms with E-state index in [0.29, 0.717) is 6.04 Å². The molecule has 1 fully saturated rings. The van der Waals surface area contributed by atoms with Crippen molar-refractivity contribution < 1.29 is 4.39 Å². The zero-order chi connectivity index (χ0) is 10.7. The molecule has 3 heteroatoms. The second-order valence-electron chi connectivity index (χ2n) is 4.21. The van der Waals surface area contributed by atoms with Gasteiger partial charge in [0.15, 0.2) is 0 Å². The van der Waals surface area contributed by atoms with Gasteiger partial charge in [-0.15, -0.1) is 0 Å². The van der Waals surface area contributed by atoms with Crippen molar-refractivity contribution in [3.8, 4) is 0 Å². The van der Waals surface area contributed by atoms with Crippen LogP contribution in [0.15, 0.2) is 24.3 Å². The number of hydrogen-bond donors (Lipinski definition) is 2. The van der Waals surface area contributed by atoms with E-state index in [-0.39, 0.29) is 11.9 Å². The van der Waals surface area contributed by atoms with Crippen molar-refractivity contribution >= 4 is 0 Å². The molecule has 0 saturated heterocycles. The van der Waals surface area contributed by atoms with Crippen LogP contribution >= 0.6 is 0 Å². The summed E-state index contributed by atoms with van der Waals surface area (Å²) in [6, 6.07) is 7.31. The third kappa shape index (κ3) is 2.76. The SMILES string of the molecule is N[C@H]1CCC[C@@H]1NCc1ccc(F)cc1. The van der Waals surface area contributed by atoms with Crippen LogP contribution in [0.25, 0.3) is 0 Å². The molecule has 1 saturated carbocycles. The Bertz CT molecular complexity index is 310. The van der Waals surface area contributed by atoms with Crippen molar-refractivity contribution in [1.29, 1.82) is 0 Å². The third-order valence-electron chi connectivity index (χ3n) is 3.05. The van der Waals surface area contributed by atoms with Crippen LogP contribution < -0.4 is 11.1 Å². The van der Waals surface area contributed by atoms with Gasteiger partial charge in [0.1, 0.15) is 5.82 Å². The molecule has 0 aromatic heterocycles. The molecule has 0 radical (unpaired) electrons. The lowest BCUT2D eigenvalue weighted by Crippen LogP contribution is -2.40. The molecule has 15 heavy (non-hydrogen) atoms. The Hall–Kier alpha value is -0.930. The third-order valence-corrected chi connectivity index (χ3v) is 3.05. The number of nitrogens with two attached hydrogens (primary N) is 1. The number of nitrogens with one attached hydrogen (secondary N) is 1. The van der Waals surface area contributed by atoms with Crippen LogP contribution in [0, 0.1) is 5.82 Å². The van der Waals surface area contributed by atoms with Gasteiger partial charge in [-0.3, -0.25) is 0 Å². The first-order valence-electron chi connectivity index (χ1n) is 5.49. The van der Waals surface area contributed by atoms with Crippen LogP contribution in [0.3, 0.4) is 0 Å². The highest BCUT2D eigenvalue weighted by atomic mass is 19.1. The van der Waals surface area contributed by atoms with Gasteiger partial charge in [0.05, 0.1) is 0 Å². The van der Waals surface area contributed by atoms with Crippen molar-refractivity contribution in [3.05, 3.63) is 35.6 Å². The van der Waals surface area contributed by atoms with E-state index in [0.717, 1.165) is 24.9 Å². The van der Waals surface area contributed by atoms with Gasteiger partial charge in [-0.05, 0) is 30.5 Å². The second-order valence-corrected chi connectivity index (χ2v) is 4.21. The normalized spacial score (nSPS) is 25.7. The van der Waals surface area contributed by atoms with Crippen LogP contribution in [0.1, 0.15) is 24.8 Å². The average molecular weight is 208 g/mol. The molecule has 1 aliphatic rings. The van der Waals surface area contributed by atoms with Gasteiger partial charge in [-0.25, -0.2) is 4.39 Å². The van der Waals surface area contributed by atoms with Crippen molar-refractivity contribution in [2.45, 2.75) is 37.9 Å². The largest absolute Gasteiger partial charge is 0.326 e. The minimum atomic E-state index is -0.184. The van der Waals surface area contributed by atoms with Gasteiger partial charge in [-0.2, -0.15) is 0 Å². The second kappa shape index (κ2) is 4.73. The number of hydrogen-bond acceptors (Lipinski definition) is 2. The van der Waals surface area contributed by atoms with E-state index >= 15 is 0 Å². The molecule has 1 aliphatic carbocycles. The van der Waals surface area contributed by atoms with Gasteiger partial charge in [0, 0.05) is 18.6 Å². The molecule has 1 aromatic rings. The lowest BCUT2D eigenvalue weighted by Gasteiger charge is -2.17. The van der Waals surface area contributed by atoms with E-state index in [2.05, 4.69) is 5.32 Å². The standard InChI is InChI=1S/C12H17FN2/c13-10-6-4-9(5-7-10)8-15-12-3-1-2-11(12)14/h4-7,11-12,15H,1-3,8,14H2/t11-,12-/m0/s1. The Morgan fingerprint density at radius 2 is 2.00 bits per heavy atom. The molecule has 82 valence electrons. The first-order valence-corrected chi connectivity index (χ1v) is 5.49. The van der Waals surface area contributed by atoms with Crippen LogP contribution in [0.5, 0.6) is 0 Å². The zero-order valence-corrected chi connectivity index (χ0v) is 8.75. The monoisotopic (exact) mass is 208 g/mol. The Morgan fingerprint density at radius 3 is 2.60 bits per heavy atom. The van der Waals surface area contributed by atoms with E-state index in [1.807, 2.05) is 12.1 Å². The van der Waals surface area contributed by atoms with E-state index < -0.39 is 0 Å². The molecule has 0 heterocycles. The lowest BCUT2D eigenvalue weighted by molar-refractivity contribution is 0.475. The molecular weight excluding hydrogens is 191 g/mol. The van der Waals surface area contributed by atoms with Gasteiger partial charge < -0.3 is 11.1 Å². The lowest BCUT2D eigenvalue weighted by atomic mass is 10.1. The quantitative estimate of drug-likeness (QED) is 0.794. The first-order chi connectivity index (χ1) is 7.25. The zero-order valence-electron chi connectivity index (χ0n) is 8.75. The van der Waals surface area contributed by atoms with E-state index in [1.165, 1.54) is 18.6 Å². The summed E-state index contributed by atoms with van der Waals surface area (Å²) in [5.74, 6) is -0.184. The molecule has 0 unspecified atom stereocenters. The first kappa shape index (κ1) is 10.6. The maximum Gasteiger partial charge on any atom is 0.123 e. The van der Waals surface area contributed by atoms with Crippen molar-refractivity contribution in [2.24, 2.45) is 5.73 Å². The minimum Gasteiger partial charge on any atom is -0.326 e. The fourth-order valence-electron chi connectivity index (χ4n) is 2.09. The Kier molecular flexibility index (Phi) is 3.34. The van der Waals surface area contributed by atoms with E-state index in [9.17, 15) is 4.39 Å². The van der Waals surface area contributed by atoms with Crippen molar-refractivity contribution in [3.63, 3.8) is 0 Å². The molecule has 0 spiro atoms. The van der Waals surface area contributed by atoms with Crippen LogP contribution in [-0.2, 0) is 6.54 Å². The highest BCUT2D eigenvalue weighted by Gasteiger charge is 2.22. The summed E-state index contributed by atoms with van der Waals surface area (Å²) in [4.78, 5) is 0. The van der Waals surface area contributed by atoms with E-state index in [1.54, 1.807) is 0 Å². The summed E-state index contributed by atoms with van der Waals surface area (Å²) in [5.41, 5.74) is 7.05. The molecular formula is C12H17FN2. The van der Waals surface area contributed by atoms with Crippen LogP contribution in [0.2, 0.25) is 0 Å². The summed E-state index contributed by atoms with van der Waals surface area (Å²) >= 11 is 0. The number of halogens is 1. The van der Waals surface area contributed by atoms with Gasteiger partial charge >= 0.3 is 0 Å². The summed E-state index contributed by atoms with van der Waals surface area (Å²) < 4.78 is 12.6. The summed E-state index contributed by atoms with van der Waals surface area (Å²) in [7, 11) is 0. The van der Waals surface area contributed by atoms with Crippen molar-refractivity contribution in [2.75, 3.05) is 0 Å². The van der Waals surface area contributed by atoms with Crippen LogP contribution in [-0.4, -0.2) is 12.1 Å². The molecule has 2 nitrogen and oxygen atoms in total. The molecule has 1 aromatic carbocycles. The predicted molar refractivity (Wildman–Crippen MR) is 58.9 cm³/mol. The number of benzene rings is 1. The summed E-state index contributed by atoms with van der Waals surface area (Å²) in [5, 5.41) is 3.42. The Morgan fingerprint density at radius 1 is 1.27 bits per heavy atom. The predicted octanol–water partition coefficient (Wildman–Crippen LogP) is 1.80. The van der Waals surface area contributed by atoms with Crippen LogP contribution in [0.4, 0.5) is 4.39 Å². The van der Waals surface area contributed by atoms with Gasteiger partial charge in [-0.1, -0.05) is 18.6 Å². The fraction of sp³-hybridized carbons (Fsp3) is 0.500. The van der Waals surface area contributed by atoms with Gasteiger partial charge in [0.2, 0.25) is 0 Å². The molecule has 3 N–H and O–H groups in total. The summed E-state index contributed by atoms with van der Waals surface area (Å²) in [6.45, 7) is 0.776. The Balaban J connectivity index is 1.85. The molecule has 2 rings (SSSR count). The van der Waals surface area contributed by atoms with Gasteiger partial charge in [0.25, 0.3) is 0 Å². The maximum absolute atomic E-state index is 12.6. The Labute approximate surface area is 89.7 Å². The minimum absolute atomic E-state index is 0.184. The van der Waals surface area contributed by atoms with Crippen molar-refractivity contribution in [1.82, 2.24) is 5.32 Å².